The molecule has 2 rings (SSSR count). The Bertz CT molecular complexity index is 455. The normalized spacial score (nSPS) is 25.1. The summed E-state index contributed by atoms with van der Waals surface area (Å²) < 4.78 is 6.32. The number of benzene rings is 1. The van der Waals surface area contributed by atoms with Crippen LogP contribution in [-0.2, 0) is 5.41 Å². The van der Waals surface area contributed by atoms with Crippen LogP contribution in [0, 0.1) is 5.41 Å². The molecule has 1 aliphatic rings. The fourth-order valence-corrected chi connectivity index (χ4v) is 3.41. The highest BCUT2D eigenvalue weighted by Gasteiger charge is 2.53. The van der Waals surface area contributed by atoms with Gasteiger partial charge in [-0.3, -0.25) is 0 Å². The molecule has 1 fully saturated rings. The number of rotatable bonds is 4. The van der Waals surface area contributed by atoms with Crippen molar-refractivity contribution in [2.24, 2.45) is 5.41 Å². The molecule has 1 aromatic carbocycles. The molecule has 2 nitrogen and oxygen atoms in total. The van der Waals surface area contributed by atoms with Gasteiger partial charge in [0.2, 0.25) is 0 Å². The van der Waals surface area contributed by atoms with E-state index in [-0.39, 0.29) is 23.0 Å². The van der Waals surface area contributed by atoms with E-state index in [1.165, 1.54) is 5.56 Å². The van der Waals surface area contributed by atoms with E-state index in [1.807, 2.05) is 6.07 Å². The van der Waals surface area contributed by atoms with Crippen molar-refractivity contribution in [3.8, 4) is 5.75 Å². The third-order valence-corrected chi connectivity index (χ3v) is 5.02. The van der Waals surface area contributed by atoms with Gasteiger partial charge in [-0.1, -0.05) is 52.8 Å². The van der Waals surface area contributed by atoms with Gasteiger partial charge in [0.1, 0.15) is 11.9 Å². The summed E-state index contributed by atoms with van der Waals surface area (Å²) in [5, 5.41) is 10.2. The van der Waals surface area contributed by atoms with Crippen molar-refractivity contribution < 1.29 is 9.84 Å². The van der Waals surface area contributed by atoms with Gasteiger partial charge in [0.05, 0.1) is 6.10 Å². The fourth-order valence-electron chi connectivity index (χ4n) is 3.41. The van der Waals surface area contributed by atoms with Gasteiger partial charge in [-0.2, -0.15) is 0 Å². The first-order valence-corrected chi connectivity index (χ1v) is 7.79. The van der Waals surface area contributed by atoms with Crippen LogP contribution in [-0.4, -0.2) is 17.3 Å². The highest BCUT2D eigenvalue weighted by atomic mass is 16.5. The molecule has 1 N–H and O–H groups in total. The molecule has 0 heterocycles. The van der Waals surface area contributed by atoms with Crippen LogP contribution in [0.4, 0.5) is 0 Å². The number of hydrogen-bond acceptors (Lipinski definition) is 2. The Balaban J connectivity index is 2.24. The quantitative estimate of drug-likeness (QED) is 0.888. The summed E-state index contributed by atoms with van der Waals surface area (Å²) in [5.74, 6) is 0.975. The maximum absolute atomic E-state index is 10.2. The third kappa shape index (κ3) is 2.46. The van der Waals surface area contributed by atoms with Gasteiger partial charge in [-0.25, -0.2) is 0 Å². The van der Waals surface area contributed by atoms with Gasteiger partial charge in [-0.15, -0.1) is 0 Å². The van der Waals surface area contributed by atoms with Crippen LogP contribution >= 0.6 is 0 Å². The van der Waals surface area contributed by atoms with E-state index in [2.05, 4.69) is 52.8 Å². The lowest BCUT2D eigenvalue weighted by Crippen LogP contribution is -2.59. The highest BCUT2D eigenvalue weighted by Crippen LogP contribution is 2.49. The Kier molecular flexibility index (Phi) is 4.15. The van der Waals surface area contributed by atoms with E-state index in [0.717, 1.165) is 25.0 Å². The number of ether oxygens (including phenoxy) is 1. The molecule has 1 aromatic rings. The monoisotopic (exact) mass is 276 g/mol. The minimum atomic E-state index is -0.218. The maximum atomic E-state index is 10.2. The van der Waals surface area contributed by atoms with Crippen LogP contribution in [0.3, 0.4) is 0 Å². The van der Waals surface area contributed by atoms with Crippen LogP contribution in [0.2, 0.25) is 0 Å². The Hall–Kier alpha value is -1.02. The lowest BCUT2D eigenvalue weighted by Gasteiger charge is -2.52. The molecule has 0 saturated heterocycles. The minimum absolute atomic E-state index is 0.0645. The Labute approximate surface area is 123 Å². The lowest BCUT2D eigenvalue weighted by atomic mass is 9.60. The van der Waals surface area contributed by atoms with Crippen molar-refractivity contribution in [1.82, 2.24) is 0 Å². The minimum Gasteiger partial charge on any atom is -0.489 e. The average Bonchev–Trinajstić information content (AvgIpc) is 2.39. The molecule has 2 atom stereocenters. The molecule has 2 heteroatoms. The Morgan fingerprint density at radius 2 is 1.80 bits per heavy atom. The van der Waals surface area contributed by atoms with Crippen LogP contribution in [0.15, 0.2) is 24.3 Å². The summed E-state index contributed by atoms with van der Waals surface area (Å²) in [6.45, 7) is 10.9. The zero-order valence-corrected chi connectivity index (χ0v) is 13.4. The molecule has 0 radical (unpaired) electrons. The number of para-hydroxylation sites is 1. The number of aliphatic hydroxyl groups excluding tert-OH is 1. The summed E-state index contributed by atoms with van der Waals surface area (Å²) in [5.41, 5.74) is 1.24. The highest BCUT2D eigenvalue weighted by molar-refractivity contribution is 5.38. The second-order valence-electron chi connectivity index (χ2n) is 7.04. The molecular weight excluding hydrogens is 248 g/mol. The largest absolute Gasteiger partial charge is 0.489 e. The van der Waals surface area contributed by atoms with E-state index in [0.29, 0.717) is 0 Å². The first-order chi connectivity index (χ1) is 9.35. The van der Waals surface area contributed by atoms with Crippen molar-refractivity contribution >= 4 is 0 Å². The average molecular weight is 276 g/mol. The van der Waals surface area contributed by atoms with Gasteiger partial charge in [0.15, 0.2) is 0 Å². The molecule has 20 heavy (non-hydrogen) atoms. The summed E-state index contributed by atoms with van der Waals surface area (Å²) in [4.78, 5) is 0. The predicted molar refractivity (Wildman–Crippen MR) is 83.2 cm³/mol. The third-order valence-electron chi connectivity index (χ3n) is 5.02. The number of aliphatic hydroxyl groups is 1. The summed E-state index contributed by atoms with van der Waals surface area (Å²) >= 11 is 0. The van der Waals surface area contributed by atoms with E-state index in [4.69, 9.17) is 4.74 Å². The van der Waals surface area contributed by atoms with E-state index < -0.39 is 0 Å². The standard InChI is InChI=1S/C18H28O2/c1-6-18(7-2)15(19)12-16(18)20-14-11-9-8-10-13(14)17(3,4)5/h8-11,15-16,19H,6-7,12H2,1-5H3. The molecule has 0 bridgehead atoms. The summed E-state index contributed by atoms with van der Waals surface area (Å²) in [6.07, 6.45) is 2.60. The van der Waals surface area contributed by atoms with Crippen molar-refractivity contribution in [2.45, 2.75) is 71.5 Å². The van der Waals surface area contributed by atoms with E-state index in [1.54, 1.807) is 0 Å². The molecule has 112 valence electrons. The molecule has 1 aliphatic carbocycles. The van der Waals surface area contributed by atoms with Gasteiger partial charge in [0.25, 0.3) is 0 Å². The molecule has 2 unspecified atom stereocenters. The number of hydrogen-bond donors (Lipinski definition) is 1. The van der Waals surface area contributed by atoms with Crippen molar-refractivity contribution in [3.05, 3.63) is 29.8 Å². The molecule has 0 spiro atoms. The van der Waals surface area contributed by atoms with Crippen molar-refractivity contribution in [3.63, 3.8) is 0 Å². The topological polar surface area (TPSA) is 29.5 Å². The van der Waals surface area contributed by atoms with Crippen LogP contribution in [0.25, 0.3) is 0 Å². The van der Waals surface area contributed by atoms with E-state index in [9.17, 15) is 5.11 Å². The van der Waals surface area contributed by atoms with Gasteiger partial charge >= 0.3 is 0 Å². The first-order valence-electron chi connectivity index (χ1n) is 7.79. The van der Waals surface area contributed by atoms with Gasteiger partial charge in [-0.05, 0) is 29.9 Å². The predicted octanol–water partition coefficient (Wildman–Crippen LogP) is 4.30. The Morgan fingerprint density at radius 1 is 1.20 bits per heavy atom. The van der Waals surface area contributed by atoms with Crippen LogP contribution < -0.4 is 4.74 Å². The fraction of sp³-hybridized carbons (Fsp3) is 0.667. The van der Waals surface area contributed by atoms with Crippen molar-refractivity contribution in [1.29, 1.82) is 0 Å². The van der Waals surface area contributed by atoms with Crippen LogP contribution in [0.5, 0.6) is 5.75 Å². The molecule has 1 saturated carbocycles. The summed E-state index contributed by atoms with van der Waals surface area (Å²) in [7, 11) is 0. The lowest BCUT2D eigenvalue weighted by molar-refractivity contribution is -0.160. The second kappa shape index (κ2) is 5.40. The molecule has 0 aromatic heterocycles. The second-order valence-corrected chi connectivity index (χ2v) is 7.04. The molecule has 0 aliphatic heterocycles. The molecule has 0 amide bonds. The smallest absolute Gasteiger partial charge is 0.123 e. The zero-order chi connectivity index (χ0) is 15.0. The maximum Gasteiger partial charge on any atom is 0.123 e. The SMILES string of the molecule is CCC1(CC)C(O)CC1Oc1ccccc1C(C)(C)C. The zero-order valence-electron chi connectivity index (χ0n) is 13.4. The first kappa shape index (κ1) is 15.4. The van der Waals surface area contributed by atoms with Gasteiger partial charge in [0, 0.05) is 11.8 Å². The summed E-state index contributed by atoms with van der Waals surface area (Å²) in [6, 6.07) is 8.29. The van der Waals surface area contributed by atoms with E-state index >= 15 is 0 Å². The van der Waals surface area contributed by atoms with Gasteiger partial charge < -0.3 is 9.84 Å². The molecular formula is C18H28O2. The van der Waals surface area contributed by atoms with Crippen molar-refractivity contribution in [2.75, 3.05) is 0 Å². The van der Waals surface area contributed by atoms with Crippen LogP contribution in [0.1, 0.15) is 59.4 Å². The Morgan fingerprint density at radius 3 is 2.30 bits per heavy atom.